The first-order chi connectivity index (χ1) is 4.66. The van der Waals surface area contributed by atoms with Crippen LogP contribution in [-0.2, 0) is 0 Å². The molecule has 0 aliphatic rings. The zero-order valence-electron chi connectivity index (χ0n) is 6.56. The van der Waals surface area contributed by atoms with Gasteiger partial charge in [0, 0.05) is 17.4 Å². The largest absolute Gasteiger partial charge is 0.263 e. The number of allylic oxidation sites excluding steroid dienone is 3. The SMILES string of the molecule is C\C=C(C)/C=N\C=C(/C)Cl. The van der Waals surface area contributed by atoms with Crippen LogP contribution in [0.15, 0.2) is 27.9 Å². The quantitative estimate of drug-likeness (QED) is 0.547. The molecule has 0 fully saturated rings. The fraction of sp³-hybridized carbons (Fsp3) is 0.375. The van der Waals surface area contributed by atoms with Gasteiger partial charge in [0.15, 0.2) is 0 Å². The van der Waals surface area contributed by atoms with Crippen LogP contribution in [0.5, 0.6) is 0 Å². The molecule has 1 nitrogen and oxygen atoms in total. The molecule has 10 heavy (non-hydrogen) atoms. The van der Waals surface area contributed by atoms with Gasteiger partial charge in [-0.3, -0.25) is 4.99 Å². The monoisotopic (exact) mass is 157 g/mol. The molecular weight excluding hydrogens is 146 g/mol. The van der Waals surface area contributed by atoms with Crippen molar-refractivity contribution in [3.8, 4) is 0 Å². The summed E-state index contributed by atoms with van der Waals surface area (Å²) in [5.41, 5.74) is 1.13. The van der Waals surface area contributed by atoms with E-state index in [0.717, 1.165) is 5.57 Å². The summed E-state index contributed by atoms with van der Waals surface area (Å²) < 4.78 is 0. The molecule has 0 atom stereocenters. The van der Waals surface area contributed by atoms with Crippen molar-refractivity contribution in [2.45, 2.75) is 20.8 Å². The maximum Gasteiger partial charge on any atom is 0.0410 e. The van der Waals surface area contributed by atoms with Gasteiger partial charge in [-0.15, -0.1) is 0 Å². The fourth-order valence-electron chi connectivity index (χ4n) is 0.332. The van der Waals surface area contributed by atoms with Gasteiger partial charge in [0.05, 0.1) is 0 Å². The third-order valence-electron chi connectivity index (χ3n) is 0.986. The Labute approximate surface area is 67.1 Å². The Bertz CT molecular complexity index is 174. The van der Waals surface area contributed by atoms with Crippen molar-refractivity contribution in [3.05, 3.63) is 22.9 Å². The lowest BCUT2D eigenvalue weighted by Gasteiger charge is -1.84. The van der Waals surface area contributed by atoms with Gasteiger partial charge >= 0.3 is 0 Å². The summed E-state index contributed by atoms with van der Waals surface area (Å²) in [6, 6.07) is 0. The molecule has 2 heteroatoms. The highest BCUT2D eigenvalue weighted by Crippen LogP contribution is 1.97. The second kappa shape index (κ2) is 5.24. The highest BCUT2D eigenvalue weighted by Gasteiger charge is 1.76. The second-order valence-corrected chi connectivity index (χ2v) is 2.62. The minimum Gasteiger partial charge on any atom is -0.263 e. The Balaban J connectivity index is 3.90. The van der Waals surface area contributed by atoms with Gasteiger partial charge in [0.25, 0.3) is 0 Å². The molecule has 0 saturated heterocycles. The highest BCUT2D eigenvalue weighted by atomic mass is 35.5. The molecule has 0 aliphatic heterocycles. The number of hydrogen-bond acceptors (Lipinski definition) is 1. The van der Waals surface area contributed by atoms with Crippen molar-refractivity contribution in [3.63, 3.8) is 0 Å². The van der Waals surface area contributed by atoms with Crippen LogP contribution in [0.25, 0.3) is 0 Å². The first-order valence-corrected chi connectivity index (χ1v) is 3.53. The zero-order valence-corrected chi connectivity index (χ0v) is 7.31. The minimum atomic E-state index is 0.695. The predicted molar refractivity (Wildman–Crippen MR) is 47.5 cm³/mol. The Morgan fingerprint density at radius 1 is 1.40 bits per heavy atom. The molecule has 0 aliphatic carbocycles. The Morgan fingerprint density at radius 3 is 2.40 bits per heavy atom. The first-order valence-electron chi connectivity index (χ1n) is 3.15. The van der Waals surface area contributed by atoms with Gasteiger partial charge in [-0.05, 0) is 26.3 Å². The van der Waals surface area contributed by atoms with Crippen molar-refractivity contribution in [1.82, 2.24) is 0 Å². The van der Waals surface area contributed by atoms with E-state index < -0.39 is 0 Å². The van der Waals surface area contributed by atoms with Crippen LogP contribution in [-0.4, -0.2) is 6.21 Å². The van der Waals surface area contributed by atoms with E-state index in [4.69, 9.17) is 11.6 Å². The zero-order chi connectivity index (χ0) is 7.98. The van der Waals surface area contributed by atoms with Crippen LogP contribution in [0.3, 0.4) is 0 Å². The van der Waals surface area contributed by atoms with Gasteiger partial charge in [-0.25, -0.2) is 0 Å². The van der Waals surface area contributed by atoms with Gasteiger partial charge < -0.3 is 0 Å². The van der Waals surface area contributed by atoms with Crippen molar-refractivity contribution in [2.75, 3.05) is 0 Å². The van der Waals surface area contributed by atoms with Gasteiger partial charge in [-0.2, -0.15) is 0 Å². The molecule has 0 rings (SSSR count). The van der Waals surface area contributed by atoms with Crippen LogP contribution in [0.4, 0.5) is 0 Å². The summed E-state index contributed by atoms with van der Waals surface area (Å²) >= 11 is 5.53. The van der Waals surface area contributed by atoms with E-state index in [9.17, 15) is 0 Å². The molecule has 0 N–H and O–H groups in total. The topological polar surface area (TPSA) is 12.4 Å². The first kappa shape index (κ1) is 9.44. The number of rotatable bonds is 2. The third kappa shape index (κ3) is 5.57. The lowest BCUT2D eigenvalue weighted by molar-refractivity contribution is 1.47. The second-order valence-electron chi connectivity index (χ2n) is 2.03. The summed E-state index contributed by atoms with van der Waals surface area (Å²) in [4.78, 5) is 3.95. The van der Waals surface area contributed by atoms with E-state index in [1.165, 1.54) is 0 Å². The molecule has 0 spiro atoms. The van der Waals surface area contributed by atoms with Crippen LogP contribution in [0, 0.1) is 0 Å². The van der Waals surface area contributed by atoms with Crippen molar-refractivity contribution in [1.29, 1.82) is 0 Å². The number of nitrogens with zero attached hydrogens (tertiary/aromatic N) is 1. The lowest BCUT2D eigenvalue weighted by Crippen LogP contribution is -1.73. The van der Waals surface area contributed by atoms with E-state index in [2.05, 4.69) is 4.99 Å². The maximum atomic E-state index is 5.53. The molecular formula is C8H12ClN. The maximum absolute atomic E-state index is 5.53. The summed E-state index contributed by atoms with van der Waals surface area (Å²) in [6.45, 7) is 5.75. The summed E-state index contributed by atoms with van der Waals surface area (Å²) in [5, 5.41) is 0.695. The molecule has 0 heterocycles. The van der Waals surface area contributed by atoms with Gasteiger partial charge in [0.2, 0.25) is 0 Å². The lowest BCUT2D eigenvalue weighted by atomic mass is 10.3. The van der Waals surface area contributed by atoms with Crippen LogP contribution < -0.4 is 0 Å². The van der Waals surface area contributed by atoms with Crippen LogP contribution in [0.2, 0.25) is 0 Å². The molecule has 0 saturated carbocycles. The standard InChI is InChI=1S/C8H12ClN/c1-4-7(2)5-10-6-8(3)9/h4-6H,1-3H3/b7-4-,8-6+,10-5-. The van der Waals surface area contributed by atoms with Gasteiger partial charge in [-0.1, -0.05) is 17.7 Å². The smallest absolute Gasteiger partial charge is 0.0410 e. The molecule has 0 unspecified atom stereocenters. The minimum absolute atomic E-state index is 0.695. The molecule has 56 valence electrons. The molecule has 0 amide bonds. The average molecular weight is 158 g/mol. The van der Waals surface area contributed by atoms with Crippen molar-refractivity contribution >= 4 is 17.8 Å². The van der Waals surface area contributed by atoms with Gasteiger partial charge in [0.1, 0.15) is 0 Å². The summed E-state index contributed by atoms with van der Waals surface area (Å²) in [5.74, 6) is 0. The summed E-state index contributed by atoms with van der Waals surface area (Å²) in [7, 11) is 0. The molecule has 0 radical (unpaired) electrons. The fourth-order valence-corrected chi connectivity index (χ4v) is 0.388. The van der Waals surface area contributed by atoms with Crippen LogP contribution >= 0.6 is 11.6 Å². The average Bonchev–Trinajstić information content (AvgIpc) is 1.87. The highest BCUT2D eigenvalue weighted by molar-refractivity contribution is 6.29. The van der Waals surface area contributed by atoms with Crippen molar-refractivity contribution in [2.24, 2.45) is 4.99 Å². The number of aliphatic imine (C=N–C) groups is 1. The summed E-state index contributed by atoms with van der Waals surface area (Å²) in [6.07, 6.45) is 5.38. The Kier molecular flexibility index (Phi) is 4.95. The van der Waals surface area contributed by atoms with Crippen LogP contribution in [0.1, 0.15) is 20.8 Å². The predicted octanol–water partition coefficient (Wildman–Crippen LogP) is 3.12. The van der Waals surface area contributed by atoms with Crippen molar-refractivity contribution < 1.29 is 0 Å². The number of halogens is 1. The Morgan fingerprint density at radius 2 is 2.00 bits per heavy atom. The van der Waals surface area contributed by atoms with E-state index in [1.54, 1.807) is 19.3 Å². The molecule has 0 bridgehead atoms. The Hall–Kier alpha value is -0.560. The number of hydrogen-bond donors (Lipinski definition) is 0. The van der Waals surface area contributed by atoms with E-state index >= 15 is 0 Å². The third-order valence-corrected chi connectivity index (χ3v) is 1.08. The van der Waals surface area contributed by atoms with E-state index in [1.807, 2.05) is 19.9 Å². The normalized spacial score (nSPS) is 14.8. The molecule has 0 aromatic carbocycles. The molecule has 0 aromatic rings. The molecule has 0 aromatic heterocycles. The van der Waals surface area contributed by atoms with E-state index in [0.29, 0.717) is 5.03 Å². The van der Waals surface area contributed by atoms with E-state index in [-0.39, 0.29) is 0 Å².